The summed E-state index contributed by atoms with van der Waals surface area (Å²) in [7, 11) is 0. The van der Waals surface area contributed by atoms with E-state index in [2.05, 4.69) is 19.9 Å². The molecule has 1 aromatic carbocycles. The Morgan fingerprint density at radius 1 is 1.19 bits per heavy atom. The molecule has 4 heterocycles. The number of thiophene rings is 1. The number of hydrogen-bond donors (Lipinski definition) is 3. The van der Waals surface area contributed by atoms with Gasteiger partial charge in [0.2, 0.25) is 0 Å². The third kappa shape index (κ3) is 2.54. The highest BCUT2D eigenvalue weighted by molar-refractivity contribution is 7.17. The lowest BCUT2D eigenvalue weighted by molar-refractivity contribution is 0.0699. The quantitative estimate of drug-likeness (QED) is 0.423. The van der Waals surface area contributed by atoms with Crippen molar-refractivity contribution in [2.75, 3.05) is 0 Å². The highest BCUT2D eigenvalue weighted by atomic mass is 32.1. The van der Waals surface area contributed by atoms with Crippen molar-refractivity contribution in [2.45, 2.75) is 0 Å². The van der Waals surface area contributed by atoms with E-state index in [1.807, 2.05) is 11.4 Å². The lowest BCUT2D eigenvalue weighted by Crippen LogP contribution is -1.94. The molecule has 3 N–H and O–H groups in total. The molecule has 0 saturated carbocycles. The fourth-order valence-electron chi connectivity index (χ4n) is 3.04. The summed E-state index contributed by atoms with van der Waals surface area (Å²) in [6.07, 6.45) is 6.64. The molecule has 4 aromatic heterocycles. The number of carbonyl (C=O) groups is 1. The van der Waals surface area contributed by atoms with E-state index in [1.54, 1.807) is 48.1 Å². The van der Waals surface area contributed by atoms with Gasteiger partial charge in [-0.15, -0.1) is 11.3 Å². The Morgan fingerprint density at radius 2 is 2.11 bits per heavy atom. The Bertz CT molecular complexity index is 1290. The molecule has 0 aliphatic carbocycles. The smallest absolute Gasteiger partial charge is 0.337 e. The molecule has 27 heavy (non-hydrogen) atoms. The average molecular weight is 376 g/mol. The van der Waals surface area contributed by atoms with E-state index in [1.165, 1.54) is 6.20 Å². The van der Waals surface area contributed by atoms with Crippen LogP contribution in [0.5, 0.6) is 11.5 Å². The maximum absolute atomic E-state index is 11.3. The largest absolute Gasteiger partial charge is 0.478 e. The first kappa shape index (κ1) is 15.6. The molecular formula is C19H12N4O3S. The SMILES string of the molecule is O=C(O)c1c[nH]c2cc(Oc3c(-c4ncc[nH]4)cnc4ccsc34)ccc12. The van der Waals surface area contributed by atoms with E-state index in [4.69, 9.17) is 4.74 Å². The molecule has 0 bridgehead atoms. The van der Waals surface area contributed by atoms with Crippen molar-refractivity contribution in [3.05, 3.63) is 60.0 Å². The van der Waals surface area contributed by atoms with Gasteiger partial charge in [0.15, 0.2) is 5.75 Å². The van der Waals surface area contributed by atoms with Gasteiger partial charge in [-0.3, -0.25) is 4.98 Å². The summed E-state index contributed by atoms with van der Waals surface area (Å²) in [5, 5.41) is 11.8. The number of hydrogen-bond acceptors (Lipinski definition) is 5. The van der Waals surface area contributed by atoms with E-state index in [-0.39, 0.29) is 5.56 Å². The first-order valence-electron chi connectivity index (χ1n) is 8.09. The van der Waals surface area contributed by atoms with Gasteiger partial charge in [0.25, 0.3) is 0 Å². The van der Waals surface area contributed by atoms with Crippen LogP contribution in [-0.2, 0) is 0 Å². The van der Waals surface area contributed by atoms with Crippen LogP contribution in [0.2, 0.25) is 0 Å². The number of aromatic amines is 2. The Balaban J connectivity index is 1.64. The molecule has 0 amide bonds. The summed E-state index contributed by atoms with van der Waals surface area (Å²) in [6.45, 7) is 0. The molecule has 0 fully saturated rings. The van der Waals surface area contributed by atoms with Crippen LogP contribution in [0.3, 0.4) is 0 Å². The van der Waals surface area contributed by atoms with Crippen LogP contribution in [0, 0.1) is 0 Å². The van der Waals surface area contributed by atoms with Gasteiger partial charge in [-0.25, -0.2) is 9.78 Å². The zero-order valence-electron chi connectivity index (χ0n) is 13.8. The summed E-state index contributed by atoms with van der Waals surface area (Å²) >= 11 is 1.54. The number of benzene rings is 1. The Hall–Kier alpha value is -3.65. The Labute approximate surface area is 156 Å². The van der Waals surface area contributed by atoms with Gasteiger partial charge in [-0.05, 0) is 23.6 Å². The van der Waals surface area contributed by atoms with Crippen LogP contribution in [0.25, 0.3) is 32.5 Å². The molecule has 0 spiro atoms. The number of carboxylic acids is 1. The van der Waals surface area contributed by atoms with Gasteiger partial charge in [-0.2, -0.15) is 0 Å². The summed E-state index contributed by atoms with van der Waals surface area (Å²) in [5.74, 6) is 0.954. The average Bonchev–Trinajstić information content (AvgIpc) is 3.41. The molecule has 0 unspecified atom stereocenters. The number of carboxylic acid groups (broad SMARTS) is 1. The van der Waals surface area contributed by atoms with Crippen molar-refractivity contribution in [2.24, 2.45) is 0 Å². The number of aromatic nitrogens is 4. The number of imidazole rings is 1. The number of aromatic carboxylic acids is 1. The number of fused-ring (bicyclic) bond motifs is 2. The van der Waals surface area contributed by atoms with Gasteiger partial charge in [0.05, 0.1) is 21.3 Å². The van der Waals surface area contributed by atoms with Gasteiger partial charge in [0.1, 0.15) is 11.6 Å². The van der Waals surface area contributed by atoms with E-state index in [9.17, 15) is 9.90 Å². The van der Waals surface area contributed by atoms with Gasteiger partial charge >= 0.3 is 5.97 Å². The predicted molar refractivity (Wildman–Crippen MR) is 103 cm³/mol. The molecule has 0 aliphatic heterocycles. The molecule has 8 heteroatoms. The molecule has 0 aliphatic rings. The summed E-state index contributed by atoms with van der Waals surface area (Å²) in [6, 6.07) is 7.22. The number of H-pyrrole nitrogens is 2. The highest BCUT2D eigenvalue weighted by Crippen LogP contribution is 2.40. The molecule has 7 nitrogen and oxygen atoms in total. The van der Waals surface area contributed by atoms with E-state index < -0.39 is 5.97 Å². The number of rotatable bonds is 4. The summed E-state index contributed by atoms with van der Waals surface area (Å²) in [5.41, 5.74) is 2.53. The van der Waals surface area contributed by atoms with Crippen LogP contribution in [0.1, 0.15) is 10.4 Å². The van der Waals surface area contributed by atoms with Crippen LogP contribution in [0.4, 0.5) is 0 Å². The fraction of sp³-hybridized carbons (Fsp3) is 0. The maximum Gasteiger partial charge on any atom is 0.337 e. The van der Waals surface area contributed by atoms with Gasteiger partial charge in [0, 0.05) is 41.8 Å². The minimum atomic E-state index is -0.968. The number of nitrogens with zero attached hydrogens (tertiary/aromatic N) is 2. The fourth-order valence-corrected chi connectivity index (χ4v) is 3.87. The van der Waals surface area contributed by atoms with Gasteiger partial charge in [-0.1, -0.05) is 0 Å². The second-order valence-corrected chi connectivity index (χ2v) is 6.81. The number of pyridine rings is 1. The van der Waals surface area contributed by atoms with E-state index in [0.717, 1.165) is 15.8 Å². The van der Waals surface area contributed by atoms with E-state index in [0.29, 0.717) is 28.2 Å². The van der Waals surface area contributed by atoms with Crippen LogP contribution in [-0.4, -0.2) is 31.0 Å². The van der Waals surface area contributed by atoms with Crippen molar-refractivity contribution >= 4 is 38.4 Å². The van der Waals surface area contributed by atoms with Crippen molar-refractivity contribution in [1.82, 2.24) is 19.9 Å². The molecule has 0 atom stereocenters. The maximum atomic E-state index is 11.3. The minimum absolute atomic E-state index is 0.234. The lowest BCUT2D eigenvalue weighted by Gasteiger charge is -2.11. The Morgan fingerprint density at radius 3 is 2.93 bits per heavy atom. The van der Waals surface area contributed by atoms with Crippen molar-refractivity contribution < 1.29 is 14.6 Å². The predicted octanol–water partition coefficient (Wildman–Crippen LogP) is 4.66. The standard InChI is InChI=1S/C19H12N4O3S/c24-19(25)12-8-23-15-7-10(1-2-11(12)15)26-16-13(18-20-4-5-21-18)9-22-14-3-6-27-17(14)16/h1-9,23H,(H,20,21)(H,24,25). The second kappa shape index (κ2) is 5.96. The molecule has 5 aromatic rings. The van der Waals surface area contributed by atoms with Crippen LogP contribution >= 0.6 is 11.3 Å². The van der Waals surface area contributed by atoms with Crippen LogP contribution in [0.15, 0.2) is 54.4 Å². The highest BCUT2D eigenvalue weighted by Gasteiger charge is 2.17. The molecular weight excluding hydrogens is 364 g/mol. The normalized spacial score (nSPS) is 11.3. The third-order valence-corrected chi connectivity index (χ3v) is 5.19. The van der Waals surface area contributed by atoms with Crippen LogP contribution < -0.4 is 4.74 Å². The third-order valence-electron chi connectivity index (χ3n) is 4.28. The van der Waals surface area contributed by atoms with Crippen molar-refractivity contribution in [3.63, 3.8) is 0 Å². The lowest BCUT2D eigenvalue weighted by atomic mass is 10.1. The molecule has 5 rings (SSSR count). The zero-order chi connectivity index (χ0) is 18.4. The van der Waals surface area contributed by atoms with Crippen molar-refractivity contribution in [3.8, 4) is 22.9 Å². The first-order chi connectivity index (χ1) is 13.2. The van der Waals surface area contributed by atoms with Crippen molar-refractivity contribution in [1.29, 1.82) is 0 Å². The first-order valence-corrected chi connectivity index (χ1v) is 8.97. The van der Waals surface area contributed by atoms with Gasteiger partial charge < -0.3 is 19.8 Å². The second-order valence-electron chi connectivity index (χ2n) is 5.89. The summed E-state index contributed by atoms with van der Waals surface area (Å²) in [4.78, 5) is 26.1. The Kier molecular flexibility index (Phi) is 3.44. The number of nitrogens with one attached hydrogen (secondary N) is 2. The molecule has 132 valence electrons. The minimum Gasteiger partial charge on any atom is -0.478 e. The molecule has 0 radical (unpaired) electrons. The molecule has 0 saturated heterocycles. The monoisotopic (exact) mass is 376 g/mol. The number of ether oxygens (including phenoxy) is 1. The zero-order valence-corrected chi connectivity index (χ0v) is 14.6. The summed E-state index contributed by atoms with van der Waals surface area (Å²) < 4.78 is 7.14. The topological polar surface area (TPSA) is 104 Å². The van der Waals surface area contributed by atoms with E-state index >= 15 is 0 Å².